The lowest BCUT2D eigenvalue weighted by Crippen LogP contribution is -2.44. The van der Waals surface area contributed by atoms with Crippen LogP contribution in [0, 0.1) is 5.82 Å². The predicted molar refractivity (Wildman–Crippen MR) is 88.3 cm³/mol. The Kier molecular flexibility index (Phi) is 3.31. The number of para-hydroxylation sites is 1. The molecule has 0 saturated carbocycles. The number of halogens is 1. The van der Waals surface area contributed by atoms with Crippen LogP contribution in [0.3, 0.4) is 0 Å². The van der Waals surface area contributed by atoms with E-state index >= 15 is 0 Å². The third-order valence-corrected chi connectivity index (χ3v) is 4.20. The first-order valence-corrected chi connectivity index (χ1v) is 7.65. The highest BCUT2D eigenvalue weighted by atomic mass is 19.1. The number of piperazine rings is 1. The molecule has 1 aromatic heterocycles. The summed E-state index contributed by atoms with van der Waals surface area (Å²) in [6, 6.07) is 17.3. The van der Waals surface area contributed by atoms with Gasteiger partial charge in [-0.1, -0.05) is 24.3 Å². The summed E-state index contributed by atoms with van der Waals surface area (Å²) < 4.78 is 15.9. The van der Waals surface area contributed by atoms with Gasteiger partial charge in [0.2, 0.25) is 0 Å². The van der Waals surface area contributed by atoms with Crippen LogP contribution in [0.25, 0.3) is 16.6 Å². The molecule has 1 fully saturated rings. The zero-order chi connectivity index (χ0) is 14.9. The molecule has 0 aliphatic carbocycles. The molecule has 2 aromatic carbocycles. The normalized spacial score (nSPS) is 15.4. The van der Waals surface area contributed by atoms with Gasteiger partial charge < -0.3 is 10.2 Å². The zero-order valence-corrected chi connectivity index (χ0v) is 12.3. The molecule has 0 unspecified atom stereocenters. The van der Waals surface area contributed by atoms with Gasteiger partial charge in [0.15, 0.2) is 0 Å². The Morgan fingerprint density at radius 1 is 0.909 bits per heavy atom. The molecule has 22 heavy (non-hydrogen) atoms. The van der Waals surface area contributed by atoms with E-state index in [0.717, 1.165) is 43.2 Å². The molecule has 1 N–H and O–H groups in total. The molecule has 4 heteroatoms. The summed E-state index contributed by atoms with van der Waals surface area (Å²) in [5.74, 6) is 0.926. The van der Waals surface area contributed by atoms with E-state index in [1.165, 1.54) is 11.5 Å². The smallest absolute Gasteiger partial charge is 0.125 e. The summed E-state index contributed by atoms with van der Waals surface area (Å²) in [6.45, 7) is 3.88. The van der Waals surface area contributed by atoms with Crippen molar-refractivity contribution in [1.29, 1.82) is 0 Å². The molecular weight excluding hydrogens is 277 g/mol. The minimum absolute atomic E-state index is 0.207. The topological polar surface area (TPSA) is 20.2 Å². The van der Waals surface area contributed by atoms with Crippen LogP contribution in [0.4, 0.5) is 10.2 Å². The van der Waals surface area contributed by atoms with Crippen molar-refractivity contribution in [2.75, 3.05) is 31.1 Å². The van der Waals surface area contributed by atoms with Crippen LogP contribution in [0.2, 0.25) is 0 Å². The fourth-order valence-corrected chi connectivity index (χ4v) is 3.15. The number of hydrogen-bond acceptors (Lipinski definition) is 2. The average Bonchev–Trinajstić information content (AvgIpc) is 2.95. The van der Waals surface area contributed by atoms with E-state index in [-0.39, 0.29) is 5.82 Å². The van der Waals surface area contributed by atoms with Gasteiger partial charge in [0.05, 0.1) is 11.2 Å². The molecule has 1 saturated heterocycles. The molecule has 1 aliphatic rings. The molecule has 112 valence electrons. The second kappa shape index (κ2) is 5.46. The minimum atomic E-state index is -0.207. The van der Waals surface area contributed by atoms with E-state index in [1.807, 2.05) is 18.2 Å². The Morgan fingerprint density at radius 2 is 1.73 bits per heavy atom. The maximum Gasteiger partial charge on any atom is 0.125 e. The number of fused-ring (bicyclic) bond motifs is 1. The van der Waals surface area contributed by atoms with Gasteiger partial charge in [-0.05, 0) is 30.3 Å². The lowest BCUT2D eigenvalue weighted by Gasteiger charge is -2.30. The Bertz CT molecular complexity index is 803. The van der Waals surface area contributed by atoms with E-state index in [1.54, 1.807) is 12.1 Å². The first kappa shape index (κ1) is 13.3. The second-order valence-corrected chi connectivity index (χ2v) is 5.61. The number of anilines is 1. The van der Waals surface area contributed by atoms with Crippen LogP contribution in [-0.2, 0) is 0 Å². The largest absolute Gasteiger partial charge is 0.355 e. The van der Waals surface area contributed by atoms with Crippen molar-refractivity contribution in [2.45, 2.75) is 0 Å². The zero-order valence-electron chi connectivity index (χ0n) is 12.3. The average molecular weight is 295 g/mol. The van der Waals surface area contributed by atoms with Gasteiger partial charge in [-0.3, -0.25) is 4.57 Å². The summed E-state index contributed by atoms with van der Waals surface area (Å²) in [7, 11) is 0. The molecule has 1 aliphatic heterocycles. The van der Waals surface area contributed by atoms with E-state index < -0.39 is 0 Å². The van der Waals surface area contributed by atoms with E-state index in [9.17, 15) is 4.39 Å². The maximum absolute atomic E-state index is 13.7. The molecule has 2 heterocycles. The molecule has 0 amide bonds. The van der Waals surface area contributed by atoms with E-state index in [0.29, 0.717) is 0 Å². The van der Waals surface area contributed by atoms with Crippen LogP contribution in [0.5, 0.6) is 0 Å². The molecule has 0 atom stereocenters. The van der Waals surface area contributed by atoms with Crippen LogP contribution in [0.15, 0.2) is 54.6 Å². The van der Waals surface area contributed by atoms with Gasteiger partial charge in [0.1, 0.15) is 11.6 Å². The third kappa shape index (κ3) is 2.25. The van der Waals surface area contributed by atoms with Crippen molar-refractivity contribution in [2.24, 2.45) is 0 Å². The summed E-state index contributed by atoms with van der Waals surface area (Å²) in [5.41, 5.74) is 1.98. The van der Waals surface area contributed by atoms with Gasteiger partial charge in [-0.2, -0.15) is 0 Å². The van der Waals surface area contributed by atoms with Gasteiger partial charge in [0, 0.05) is 31.6 Å². The highest BCUT2D eigenvalue weighted by molar-refractivity contribution is 5.87. The fourth-order valence-electron chi connectivity index (χ4n) is 3.15. The minimum Gasteiger partial charge on any atom is -0.355 e. The second-order valence-electron chi connectivity index (χ2n) is 5.61. The molecular formula is C18H18FN3. The first-order valence-electron chi connectivity index (χ1n) is 7.65. The monoisotopic (exact) mass is 295 g/mol. The number of aromatic nitrogens is 1. The van der Waals surface area contributed by atoms with Crippen molar-refractivity contribution < 1.29 is 4.39 Å². The Morgan fingerprint density at radius 3 is 2.55 bits per heavy atom. The van der Waals surface area contributed by atoms with Crippen LogP contribution >= 0.6 is 0 Å². The van der Waals surface area contributed by atoms with Gasteiger partial charge in [0.25, 0.3) is 0 Å². The lowest BCUT2D eigenvalue weighted by atomic mass is 10.2. The van der Waals surface area contributed by atoms with Crippen molar-refractivity contribution in [1.82, 2.24) is 9.88 Å². The predicted octanol–water partition coefficient (Wildman–Crippen LogP) is 3.18. The van der Waals surface area contributed by atoms with Crippen LogP contribution in [-0.4, -0.2) is 30.7 Å². The number of benzene rings is 2. The molecule has 0 radical (unpaired) electrons. The lowest BCUT2D eigenvalue weighted by molar-refractivity contribution is 0.582. The first-order chi connectivity index (χ1) is 10.8. The van der Waals surface area contributed by atoms with Crippen molar-refractivity contribution in [3.8, 4) is 5.69 Å². The van der Waals surface area contributed by atoms with Crippen molar-refractivity contribution >= 4 is 16.7 Å². The fraction of sp³-hybridized carbons (Fsp3) is 0.222. The third-order valence-electron chi connectivity index (χ3n) is 4.20. The molecule has 3 nitrogen and oxygen atoms in total. The van der Waals surface area contributed by atoms with Crippen molar-refractivity contribution in [3.05, 3.63) is 60.4 Å². The molecule has 0 bridgehead atoms. The number of hydrogen-bond donors (Lipinski definition) is 1. The SMILES string of the molecule is Fc1cccc(-n2c(N3CCNCC3)cc3ccccc32)c1. The van der Waals surface area contributed by atoms with E-state index in [2.05, 4.69) is 33.0 Å². The Hall–Kier alpha value is -2.33. The summed E-state index contributed by atoms with van der Waals surface area (Å²) >= 11 is 0. The maximum atomic E-state index is 13.7. The standard InChI is InChI=1S/C18H18FN3/c19-15-5-3-6-16(13-15)22-17-7-2-1-4-14(17)12-18(22)21-10-8-20-9-11-21/h1-7,12-13,20H,8-11H2. The summed E-state index contributed by atoms with van der Waals surface area (Å²) in [5, 5.41) is 4.56. The van der Waals surface area contributed by atoms with E-state index in [4.69, 9.17) is 0 Å². The molecule has 0 spiro atoms. The molecule has 3 aromatic rings. The van der Waals surface area contributed by atoms with Gasteiger partial charge in [-0.25, -0.2) is 4.39 Å². The highest BCUT2D eigenvalue weighted by Gasteiger charge is 2.18. The van der Waals surface area contributed by atoms with Crippen LogP contribution in [0.1, 0.15) is 0 Å². The number of nitrogens with one attached hydrogen (secondary N) is 1. The van der Waals surface area contributed by atoms with Crippen LogP contribution < -0.4 is 10.2 Å². The number of nitrogens with zero attached hydrogens (tertiary/aromatic N) is 2. The summed E-state index contributed by atoms with van der Waals surface area (Å²) in [4.78, 5) is 2.36. The Labute approximate surface area is 129 Å². The van der Waals surface area contributed by atoms with Gasteiger partial charge in [-0.15, -0.1) is 0 Å². The highest BCUT2D eigenvalue weighted by Crippen LogP contribution is 2.30. The summed E-state index contributed by atoms with van der Waals surface area (Å²) in [6.07, 6.45) is 0. The van der Waals surface area contributed by atoms with Gasteiger partial charge >= 0.3 is 0 Å². The molecule has 4 rings (SSSR count). The Balaban J connectivity index is 1.93. The quantitative estimate of drug-likeness (QED) is 0.783. The number of rotatable bonds is 2. The van der Waals surface area contributed by atoms with Crippen molar-refractivity contribution in [3.63, 3.8) is 0 Å².